The van der Waals surface area contributed by atoms with Crippen molar-refractivity contribution in [2.24, 2.45) is 0 Å². The molecule has 0 spiro atoms. The molecule has 2 atom stereocenters. The monoisotopic (exact) mass is 506 g/mol. The van der Waals surface area contributed by atoms with Gasteiger partial charge < -0.3 is 23.6 Å². The summed E-state index contributed by atoms with van der Waals surface area (Å²) >= 11 is 0. The van der Waals surface area contributed by atoms with Gasteiger partial charge in [-0.25, -0.2) is 0 Å². The zero-order valence-corrected chi connectivity index (χ0v) is 21.6. The number of nitrogens with one attached hydrogen (secondary N) is 1. The average Bonchev–Trinajstić information content (AvgIpc) is 3.62. The number of furan rings is 1. The summed E-state index contributed by atoms with van der Waals surface area (Å²) in [5, 5.41) is 1.21. The summed E-state index contributed by atoms with van der Waals surface area (Å²) in [4.78, 5) is 6.30. The van der Waals surface area contributed by atoms with E-state index < -0.39 is 0 Å². The maximum atomic E-state index is 6.33. The summed E-state index contributed by atoms with van der Waals surface area (Å²) in [6.45, 7) is 1.42. The van der Waals surface area contributed by atoms with E-state index in [4.69, 9.17) is 18.6 Å². The van der Waals surface area contributed by atoms with Crippen molar-refractivity contribution in [2.75, 3.05) is 20.8 Å². The largest absolute Gasteiger partial charge is 0.497 e. The molecule has 2 unspecified atom stereocenters. The van der Waals surface area contributed by atoms with Crippen LogP contribution in [-0.2, 0) is 19.4 Å². The van der Waals surface area contributed by atoms with Gasteiger partial charge in [0.1, 0.15) is 24.2 Å². The molecule has 0 saturated heterocycles. The van der Waals surface area contributed by atoms with E-state index >= 15 is 0 Å². The van der Waals surface area contributed by atoms with Gasteiger partial charge in [0, 0.05) is 29.2 Å². The molecule has 2 aromatic heterocycles. The van der Waals surface area contributed by atoms with E-state index in [1.807, 2.05) is 30.3 Å². The van der Waals surface area contributed by atoms with Crippen LogP contribution in [0.1, 0.15) is 45.8 Å². The van der Waals surface area contributed by atoms with Crippen molar-refractivity contribution in [3.8, 4) is 17.2 Å². The van der Waals surface area contributed by atoms with Gasteiger partial charge >= 0.3 is 0 Å². The lowest BCUT2D eigenvalue weighted by molar-refractivity contribution is 0.113. The van der Waals surface area contributed by atoms with Crippen LogP contribution in [0.25, 0.3) is 10.9 Å². The summed E-state index contributed by atoms with van der Waals surface area (Å²) < 4.78 is 23.7. The molecular weight excluding hydrogens is 476 g/mol. The van der Waals surface area contributed by atoms with Gasteiger partial charge in [-0.1, -0.05) is 30.3 Å². The molecule has 0 saturated carbocycles. The molecule has 3 aromatic carbocycles. The molecule has 5 aromatic rings. The summed E-state index contributed by atoms with van der Waals surface area (Å²) in [6, 6.07) is 25.1. The fourth-order valence-electron chi connectivity index (χ4n) is 6.21. The van der Waals surface area contributed by atoms with Crippen molar-refractivity contribution in [1.82, 2.24) is 9.88 Å². The van der Waals surface area contributed by atoms with Gasteiger partial charge in [0.05, 0.1) is 20.5 Å². The minimum atomic E-state index is 0.00100. The van der Waals surface area contributed by atoms with Crippen LogP contribution in [0, 0.1) is 0 Å². The third-order valence-electron chi connectivity index (χ3n) is 8.02. The first-order chi connectivity index (χ1) is 18.7. The van der Waals surface area contributed by atoms with Crippen LogP contribution >= 0.6 is 0 Å². The highest BCUT2D eigenvalue weighted by Crippen LogP contribution is 2.50. The Morgan fingerprint density at radius 1 is 0.947 bits per heavy atom. The zero-order chi connectivity index (χ0) is 25.6. The number of benzene rings is 3. The molecule has 4 heterocycles. The average molecular weight is 507 g/mol. The zero-order valence-electron chi connectivity index (χ0n) is 21.6. The van der Waals surface area contributed by atoms with Gasteiger partial charge in [0.25, 0.3) is 0 Å². The Balaban J connectivity index is 1.34. The minimum Gasteiger partial charge on any atom is -0.497 e. The van der Waals surface area contributed by atoms with E-state index in [2.05, 4.69) is 52.3 Å². The topological polar surface area (TPSA) is 59.9 Å². The molecule has 0 amide bonds. The van der Waals surface area contributed by atoms with Gasteiger partial charge in [0.2, 0.25) is 0 Å². The Bertz CT molecular complexity index is 1590. The second kappa shape index (κ2) is 9.30. The Morgan fingerprint density at radius 3 is 2.63 bits per heavy atom. The van der Waals surface area contributed by atoms with Crippen LogP contribution in [0.3, 0.4) is 0 Å². The number of rotatable bonds is 6. The molecule has 0 fully saturated rings. The van der Waals surface area contributed by atoms with E-state index in [0.717, 1.165) is 53.5 Å². The third kappa shape index (κ3) is 3.75. The number of hydrogen-bond acceptors (Lipinski definition) is 5. The highest BCUT2D eigenvalue weighted by atomic mass is 16.5. The minimum absolute atomic E-state index is 0.00100. The fraction of sp³-hybridized carbons (Fsp3) is 0.250. The number of aromatic amines is 1. The van der Waals surface area contributed by atoms with Crippen molar-refractivity contribution < 1.29 is 18.6 Å². The standard InChI is InChI=1S/C32H30N2O4/c1-35-22-10-11-26-24(16-22)25-17-27-23-18-30(38-19-20-7-4-3-5-8-20)29(36-2)15-21(23)12-13-34(27)32(31(25)33-26)28-9-6-14-37-28/h3-11,14-16,18,27,32-33H,12-13,17,19H2,1-2H3. The van der Waals surface area contributed by atoms with Crippen molar-refractivity contribution in [2.45, 2.75) is 31.5 Å². The van der Waals surface area contributed by atoms with E-state index in [9.17, 15) is 0 Å². The van der Waals surface area contributed by atoms with Gasteiger partial charge in [-0.15, -0.1) is 0 Å². The molecule has 192 valence electrons. The molecule has 2 aliphatic heterocycles. The van der Waals surface area contributed by atoms with Crippen molar-refractivity contribution in [1.29, 1.82) is 0 Å². The lowest BCUT2D eigenvalue weighted by Gasteiger charge is -2.45. The Kier molecular flexibility index (Phi) is 5.63. The molecule has 2 aliphatic rings. The predicted octanol–water partition coefficient (Wildman–Crippen LogP) is 6.60. The van der Waals surface area contributed by atoms with Crippen LogP contribution in [0.4, 0.5) is 0 Å². The van der Waals surface area contributed by atoms with Gasteiger partial charge in [-0.2, -0.15) is 0 Å². The van der Waals surface area contributed by atoms with Crippen LogP contribution in [0.2, 0.25) is 0 Å². The number of H-pyrrole nitrogens is 1. The number of ether oxygens (including phenoxy) is 3. The SMILES string of the molecule is COc1ccc2[nH]c3c(c2c1)CC1c2cc(OCc4ccccc4)c(OC)cc2CCN1C3c1ccco1. The van der Waals surface area contributed by atoms with Crippen molar-refractivity contribution in [3.05, 3.63) is 113 Å². The number of nitrogens with zero attached hydrogens (tertiary/aromatic N) is 1. The maximum absolute atomic E-state index is 6.33. The second-order valence-corrected chi connectivity index (χ2v) is 10.0. The lowest BCUT2D eigenvalue weighted by Crippen LogP contribution is -2.43. The number of methoxy groups -OCH3 is 2. The molecule has 0 bridgehead atoms. The van der Waals surface area contributed by atoms with Gasteiger partial charge in [0.15, 0.2) is 11.5 Å². The highest BCUT2D eigenvalue weighted by molar-refractivity contribution is 5.87. The first kappa shape index (κ1) is 23.0. The first-order valence-corrected chi connectivity index (χ1v) is 13.1. The van der Waals surface area contributed by atoms with Crippen LogP contribution in [0.5, 0.6) is 17.2 Å². The van der Waals surface area contributed by atoms with Crippen LogP contribution < -0.4 is 14.2 Å². The number of hydrogen-bond donors (Lipinski definition) is 1. The Labute approximate surface area is 221 Å². The Morgan fingerprint density at radius 2 is 1.84 bits per heavy atom. The molecule has 7 rings (SSSR count). The summed E-state index contributed by atoms with van der Waals surface area (Å²) in [5.74, 6) is 3.37. The molecule has 1 N–H and O–H groups in total. The molecular formula is C32H30N2O4. The fourth-order valence-corrected chi connectivity index (χ4v) is 6.21. The highest BCUT2D eigenvalue weighted by Gasteiger charge is 2.42. The normalized spacial score (nSPS) is 18.5. The Hall–Kier alpha value is -4.16. The predicted molar refractivity (Wildman–Crippen MR) is 146 cm³/mol. The maximum Gasteiger partial charge on any atom is 0.162 e. The quantitative estimate of drug-likeness (QED) is 0.281. The van der Waals surface area contributed by atoms with Crippen LogP contribution in [-0.4, -0.2) is 30.6 Å². The molecule has 0 aliphatic carbocycles. The lowest BCUT2D eigenvalue weighted by atomic mass is 9.81. The van der Waals surface area contributed by atoms with E-state index in [-0.39, 0.29) is 12.1 Å². The van der Waals surface area contributed by atoms with Gasteiger partial charge in [-0.3, -0.25) is 4.90 Å². The first-order valence-electron chi connectivity index (χ1n) is 13.1. The molecule has 38 heavy (non-hydrogen) atoms. The van der Waals surface area contributed by atoms with Crippen LogP contribution in [0.15, 0.2) is 83.5 Å². The summed E-state index contributed by atoms with van der Waals surface area (Å²) in [5.41, 5.74) is 7.37. The molecule has 0 radical (unpaired) electrons. The number of fused-ring (bicyclic) bond motifs is 6. The van der Waals surface area contributed by atoms with Crippen molar-refractivity contribution >= 4 is 10.9 Å². The van der Waals surface area contributed by atoms with E-state index in [0.29, 0.717) is 6.61 Å². The van der Waals surface area contributed by atoms with E-state index in [1.54, 1.807) is 20.5 Å². The van der Waals surface area contributed by atoms with E-state index in [1.165, 1.54) is 27.8 Å². The smallest absolute Gasteiger partial charge is 0.162 e. The van der Waals surface area contributed by atoms with Gasteiger partial charge in [-0.05, 0) is 77.6 Å². The molecule has 6 nitrogen and oxygen atoms in total. The summed E-state index contributed by atoms with van der Waals surface area (Å²) in [7, 11) is 3.43. The third-order valence-corrected chi connectivity index (χ3v) is 8.02. The summed E-state index contributed by atoms with van der Waals surface area (Å²) in [6.07, 6.45) is 3.58. The van der Waals surface area contributed by atoms with Crippen molar-refractivity contribution in [3.63, 3.8) is 0 Å². The molecule has 6 heteroatoms. The second-order valence-electron chi connectivity index (χ2n) is 10.0. The number of aromatic nitrogens is 1.